The van der Waals surface area contributed by atoms with Gasteiger partial charge in [0.2, 0.25) is 0 Å². The van der Waals surface area contributed by atoms with Crippen LogP contribution in [-0.2, 0) is 0 Å². The summed E-state index contributed by atoms with van der Waals surface area (Å²) in [4.78, 5) is 0. The molecule has 1 aliphatic rings. The summed E-state index contributed by atoms with van der Waals surface area (Å²) in [5.41, 5.74) is 6.76. The van der Waals surface area contributed by atoms with Crippen LogP contribution in [-0.4, -0.2) is 12.8 Å². The highest BCUT2D eigenvalue weighted by molar-refractivity contribution is 5.60. The number of hydrogen-bond acceptors (Lipinski definition) is 1. The summed E-state index contributed by atoms with van der Waals surface area (Å²) in [6.07, 6.45) is 1.65. The Labute approximate surface area is 30.0 Å². The van der Waals surface area contributed by atoms with E-state index in [1.165, 1.54) is 0 Å². The van der Waals surface area contributed by atoms with Crippen molar-refractivity contribution in [1.82, 2.24) is 11.0 Å². The maximum absolute atomic E-state index is 3.49. The van der Waals surface area contributed by atoms with E-state index in [4.69, 9.17) is 0 Å². The van der Waals surface area contributed by atoms with E-state index in [2.05, 4.69) is 16.1 Å². The van der Waals surface area contributed by atoms with Gasteiger partial charge in [0.05, 0.1) is 6.54 Å². The molecular weight excluding hydrogens is 66.0 g/mol. The molecule has 3 heteroatoms. The highest BCUT2D eigenvalue weighted by Crippen LogP contribution is 1.64. The molecule has 5 heavy (non-hydrogen) atoms. The van der Waals surface area contributed by atoms with Gasteiger partial charge < -0.3 is 0 Å². The minimum atomic E-state index is 0.667. The predicted octanol–water partition coefficient (Wildman–Crippen LogP) is -0.890. The molecule has 0 saturated carbocycles. The van der Waals surface area contributed by atoms with Crippen LogP contribution in [0.5, 0.6) is 0 Å². The summed E-state index contributed by atoms with van der Waals surface area (Å²) in [6, 6.07) is 0. The van der Waals surface area contributed by atoms with Crippen molar-refractivity contribution < 1.29 is 0 Å². The summed E-state index contributed by atoms with van der Waals surface area (Å²) < 4.78 is 0. The van der Waals surface area contributed by atoms with Gasteiger partial charge in [-0.2, -0.15) is 0 Å². The van der Waals surface area contributed by atoms with E-state index >= 15 is 0 Å². The highest BCUT2D eigenvalue weighted by Gasteiger charge is 1.87. The van der Waals surface area contributed by atoms with Crippen molar-refractivity contribution in [2.45, 2.75) is 0 Å². The average molecular weight is 69.1 g/mol. The van der Waals surface area contributed by atoms with Crippen LogP contribution in [0.15, 0.2) is 5.10 Å². The monoisotopic (exact) mass is 69.0 g/mol. The predicted molar refractivity (Wildman–Crippen MR) is 17.6 cm³/mol. The summed E-state index contributed by atoms with van der Waals surface area (Å²) >= 11 is 0. The zero-order chi connectivity index (χ0) is 3.54. The third-order valence-electron chi connectivity index (χ3n) is 0.360. The van der Waals surface area contributed by atoms with E-state index in [0.29, 0.717) is 6.54 Å². The SMILES string of the molecule is C1=N[N][N]C1. The third-order valence-corrected chi connectivity index (χ3v) is 0.360. The normalized spacial score (nSPS) is 19.2. The Morgan fingerprint density at radius 3 is 2.80 bits per heavy atom. The molecule has 3 nitrogen and oxygen atoms in total. The average Bonchev–Trinajstić information content (AvgIpc) is 1.76. The van der Waals surface area contributed by atoms with Gasteiger partial charge in [-0.15, -0.1) is 5.10 Å². The molecule has 26 valence electrons. The molecule has 1 rings (SSSR count). The van der Waals surface area contributed by atoms with Gasteiger partial charge >= 0.3 is 0 Å². The maximum Gasteiger partial charge on any atom is 0.0772 e. The number of nitrogens with zero attached hydrogens (tertiary/aromatic N) is 3. The molecule has 0 bridgehead atoms. The van der Waals surface area contributed by atoms with Crippen LogP contribution in [0.4, 0.5) is 0 Å². The second-order valence-electron chi connectivity index (χ2n) is 0.711. The van der Waals surface area contributed by atoms with E-state index in [1.807, 2.05) is 0 Å². The Balaban J connectivity index is 2.32. The van der Waals surface area contributed by atoms with Crippen LogP contribution >= 0.6 is 0 Å². The summed E-state index contributed by atoms with van der Waals surface area (Å²) in [7, 11) is 0. The topological polar surface area (TPSA) is 40.6 Å². The second kappa shape index (κ2) is 1.03. The fourth-order valence-electron chi connectivity index (χ4n) is 0.183. The number of hydrogen-bond donors (Lipinski definition) is 0. The lowest BCUT2D eigenvalue weighted by Crippen LogP contribution is -2.02. The largest absolute Gasteiger partial charge is 0.147 e. The molecule has 1 heterocycles. The summed E-state index contributed by atoms with van der Waals surface area (Å²) in [6.45, 7) is 0.667. The molecular formula is C2H3N3. The molecule has 0 spiro atoms. The van der Waals surface area contributed by atoms with Crippen LogP contribution in [0.25, 0.3) is 0 Å². The molecule has 0 aromatic heterocycles. The Hall–Kier alpha value is -0.570. The molecule has 1 aliphatic heterocycles. The van der Waals surface area contributed by atoms with Crippen molar-refractivity contribution in [3.05, 3.63) is 0 Å². The van der Waals surface area contributed by atoms with Gasteiger partial charge in [-0.05, 0) is 0 Å². The van der Waals surface area contributed by atoms with Crippen LogP contribution in [0.2, 0.25) is 0 Å². The van der Waals surface area contributed by atoms with Gasteiger partial charge in [-0.1, -0.05) is 11.0 Å². The van der Waals surface area contributed by atoms with Crippen molar-refractivity contribution >= 4 is 6.21 Å². The Bertz CT molecular complexity index is 42.9. The first-order chi connectivity index (χ1) is 2.50. The van der Waals surface area contributed by atoms with Gasteiger partial charge in [0.25, 0.3) is 0 Å². The Kier molecular flexibility index (Phi) is 0.548. The van der Waals surface area contributed by atoms with Crippen LogP contribution in [0, 0.1) is 0 Å². The van der Waals surface area contributed by atoms with E-state index in [1.54, 1.807) is 6.21 Å². The summed E-state index contributed by atoms with van der Waals surface area (Å²) in [5.74, 6) is 0. The van der Waals surface area contributed by atoms with Gasteiger partial charge in [0.1, 0.15) is 0 Å². The lowest BCUT2D eigenvalue weighted by molar-refractivity contribution is 0.622. The minimum absolute atomic E-state index is 0.667. The lowest BCUT2D eigenvalue weighted by atomic mass is 10.8. The quantitative estimate of drug-likeness (QED) is 0.354. The van der Waals surface area contributed by atoms with Crippen molar-refractivity contribution in [3.8, 4) is 0 Å². The van der Waals surface area contributed by atoms with Gasteiger partial charge in [0.15, 0.2) is 0 Å². The van der Waals surface area contributed by atoms with Crippen LogP contribution in [0.1, 0.15) is 0 Å². The van der Waals surface area contributed by atoms with E-state index < -0.39 is 0 Å². The molecule has 0 atom stereocenters. The molecule has 0 unspecified atom stereocenters. The fourth-order valence-corrected chi connectivity index (χ4v) is 0.183. The van der Waals surface area contributed by atoms with Gasteiger partial charge in [-0.25, -0.2) is 0 Å². The van der Waals surface area contributed by atoms with Gasteiger partial charge in [0, 0.05) is 6.21 Å². The van der Waals surface area contributed by atoms with Crippen molar-refractivity contribution in [2.75, 3.05) is 6.54 Å². The maximum atomic E-state index is 3.49. The number of rotatable bonds is 0. The molecule has 0 saturated heterocycles. The van der Waals surface area contributed by atoms with Crippen LogP contribution < -0.4 is 11.0 Å². The molecule has 0 N–H and O–H groups in total. The van der Waals surface area contributed by atoms with Gasteiger partial charge in [-0.3, -0.25) is 0 Å². The second-order valence-corrected chi connectivity index (χ2v) is 0.711. The first-order valence-corrected chi connectivity index (χ1v) is 1.38. The smallest absolute Gasteiger partial charge is 0.0772 e. The van der Waals surface area contributed by atoms with Crippen molar-refractivity contribution in [1.29, 1.82) is 0 Å². The molecule has 0 fully saturated rings. The standard InChI is InChI=1S/C2H3N3/c1-2-4-5-3-1/h1H,2H2. The van der Waals surface area contributed by atoms with E-state index in [-0.39, 0.29) is 0 Å². The highest BCUT2D eigenvalue weighted by atomic mass is 15.6. The molecule has 0 aromatic rings. The van der Waals surface area contributed by atoms with Crippen molar-refractivity contribution in [3.63, 3.8) is 0 Å². The third kappa shape index (κ3) is 0.357. The van der Waals surface area contributed by atoms with Crippen LogP contribution in [0.3, 0.4) is 0 Å². The molecule has 0 aromatic carbocycles. The Morgan fingerprint density at radius 2 is 2.60 bits per heavy atom. The molecule has 2 radical (unpaired) electrons. The molecule has 0 amide bonds. The zero-order valence-electron chi connectivity index (χ0n) is 2.63. The Morgan fingerprint density at radius 1 is 1.60 bits per heavy atom. The van der Waals surface area contributed by atoms with E-state index in [9.17, 15) is 0 Å². The fraction of sp³-hybridized carbons (Fsp3) is 0.500. The van der Waals surface area contributed by atoms with E-state index in [0.717, 1.165) is 0 Å². The zero-order valence-corrected chi connectivity index (χ0v) is 2.63. The first kappa shape index (κ1) is 2.66. The van der Waals surface area contributed by atoms with Crippen molar-refractivity contribution in [2.24, 2.45) is 5.10 Å². The molecule has 0 aliphatic carbocycles. The first-order valence-electron chi connectivity index (χ1n) is 1.38. The lowest BCUT2D eigenvalue weighted by Gasteiger charge is -1.69. The summed E-state index contributed by atoms with van der Waals surface area (Å²) in [5, 5.41) is 3.42. The minimum Gasteiger partial charge on any atom is -0.147 e.